The van der Waals surface area contributed by atoms with E-state index in [2.05, 4.69) is 11.1 Å². The van der Waals surface area contributed by atoms with Crippen LogP contribution in [0.3, 0.4) is 0 Å². The van der Waals surface area contributed by atoms with E-state index < -0.39 is 5.76 Å². The number of nitrogens with one attached hydrogen (secondary N) is 1. The van der Waals surface area contributed by atoms with Crippen LogP contribution in [0.25, 0.3) is 11.1 Å². The predicted molar refractivity (Wildman–Crippen MR) is 69.5 cm³/mol. The molecule has 2 rings (SSSR count). The molecule has 1 unspecified atom stereocenters. The Balaban J connectivity index is 2.25. The highest BCUT2D eigenvalue weighted by Crippen LogP contribution is 2.20. The summed E-state index contributed by atoms with van der Waals surface area (Å²) < 4.78 is 4.94. The number of anilines is 1. The minimum atomic E-state index is -0.451. The molecule has 5 heteroatoms. The monoisotopic (exact) mass is 245 g/mol. The standard InChI is InChI=1S/C13H15N3O2/c1-3-9(7-14)8-16(2)10-4-5-12-11(6-10)15-13(17)18-12/h4-6,9H,3,8H2,1-2H3,(H,15,17). The number of aromatic nitrogens is 1. The second-order valence-corrected chi connectivity index (χ2v) is 4.31. The van der Waals surface area contributed by atoms with Gasteiger partial charge in [0.05, 0.1) is 17.5 Å². The van der Waals surface area contributed by atoms with Crippen molar-refractivity contribution in [2.24, 2.45) is 5.92 Å². The van der Waals surface area contributed by atoms with Gasteiger partial charge in [0.1, 0.15) is 0 Å². The number of hydrogen-bond acceptors (Lipinski definition) is 4. The largest absolute Gasteiger partial charge is 0.417 e. The van der Waals surface area contributed by atoms with Crippen LogP contribution in [0.1, 0.15) is 13.3 Å². The van der Waals surface area contributed by atoms with Crippen molar-refractivity contribution in [2.75, 3.05) is 18.5 Å². The summed E-state index contributed by atoms with van der Waals surface area (Å²) in [6.45, 7) is 2.67. The molecule has 1 heterocycles. The summed E-state index contributed by atoms with van der Waals surface area (Å²) in [5.41, 5.74) is 2.17. The molecule has 0 bridgehead atoms. The number of hydrogen-bond donors (Lipinski definition) is 1. The Hall–Kier alpha value is -2.22. The van der Waals surface area contributed by atoms with Crippen molar-refractivity contribution < 1.29 is 4.42 Å². The first-order valence-corrected chi connectivity index (χ1v) is 5.87. The highest BCUT2D eigenvalue weighted by molar-refractivity contribution is 5.77. The third-order valence-electron chi connectivity index (χ3n) is 3.01. The maximum Gasteiger partial charge on any atom is 0.417 e. The first-order valence-electron chi connectivity index (χ1n) is 5.87. The minimum absolute atomic E-state index is 0.00842. The number of oxazole rings is 1. The average Bonchev–Trinajstić information content (AvgIpc) is 2.74. The zero-order chi connectivity index (χ0) is 13.1. The van der Waals surface area contributed by atoms with Gasteiger partial charge >= 0.3 is 5.76 Å². The Morgan fingerprint density at radius 3 is 3.00 bits per heavy atom. The van der Waals surface area contributed by atoms with E-state index in [1.165, 1.54) is 0 Å². The van der Waals surface area contributed by atoms with Crippen LogP contribution in [0.15, 0.2) is 27.4 Å². The number of H-pyrrole nitrogens is 1. The van der Waals surface area contributed by atoms with Gasteiger partial charge in [-0.2, -0.15) is 5.26 Å². The first-order chi connectivity index (χ1) is 8.63. The van der Waals surface area contributed by atoms with Gasteiger partial charge in [-0.25, -0.2) is 4.79 Å². The van der Waals surface area contributed by atoms with Crippen LogP contribution in [-0.4, -0.2) is 18.6 Å². The quantitative estimate of drug-likeness (QED) is 0.895. The van der Waals surface area contributed by atoms with E-state index in [0.29, 0.717) is 17.6 Å². The highest BCUT2D eigenvalue weighted by atomic mass is 16.4. The SMILES string of the molecule is CCC(C#N)CN(C)c1ccc2oc(=O)[nH]c2c1. The fourth-order valence-corrected chi connectivity index (χ4v) is 1.87. The Morgan fingerprint density at radius 2 is 2.33 bits per heavy atom. The molecule has 0 radical (unpaired) electrons. The fraction of sp³-hybridized carbons (Fsp3) is 0.385. The number of fused-ring (bicyclic) bond motifs is 1. The molecule has 0 aliphatic carbocycles. The van der Waals surface area contributed by atoms with E-state index in [1.54, 1.807) is 6.07 Å². The zero-order valence-electron chi connectivity index (χ0n) is 10.4. The van der Waals surface area contributed by atoms with Gasteiger partial charge in [0.2, 0.25) is 0 Å². The number of aromatic amines is 1. The van der Waals surface area contributed by atoms with Crippen molar-refractivity contribution in [3.8, 4) is 6.07 Å². The van der Waals surface area contributed by atoms with Crippen molar-refractivity contribution in [3.63, 3.8) is 0 Å². The zero-order valence-corrected chi connectivity index (χ0v) is 10.4. The second-order valence-electron chi connectivity index (χ2n) is 4.31. The summed E-state index contributed by atoms with van der Waals surface area (Å²) in [7, 11) is 1.93. The lowest BCUT2D eigenvalue weighted by atomic mass is 10.1. The summed E-state index contributed by atoms with van der Waals surface area (Å²) >= 11 is 0. The lowest BCUT2D eigenvalue weighted by molar-refractivity contribution is 0.555. The van der Waals surface area contributed by atoms with Crippen molar-refractivity contribution >= 4 is 16.8 Å². The van der Waals surface area contributed by atoms with Crippen LogP contribution in [0.4, 0.5) is 5.69 Å². The van der Waals surface area contributed by atoms with Crippen LogP contribution in [0.5, 0.6) is 0 Å². The average molecular weight is 245 g/mol. The van der Waals surface area contributed by atoms with Gasteiger partial charge in [-0.3, -0.25) is 4.98 Å². The van der Waals surface area contributed by atoms with Crippen LogP contribution >= 0.6 is 0 Å². The molecule has 0 saturated heterocycles. The third-order valence-corrected chi connectivity index (χ3v) is 3.01. The molecule has 0 aliphatic rings. The topological polar surface area (TPSA) is 73.0 Å². The van der Waals surface area contributed by atoms with Gasteiger partial charge in [0.25, 0.3) is 0 Å². The third kappa shape index (κ3) is 2.38. The van der Waals surface area contributed by atoms with Crippen molar-refractivity contribution in [1.29, 1.82) is 5.26 Å². The lowest BCUT2D eigenvalue weighted by Crippen LogP contribution is -2.24. The first kappa shape index (κ1) is 12.2. The van der Waals surface area contributed by atoms with Crippen LogP contribution in [-0.2, 0) is 0 Å². The molecule has 0 fully saturated rings. The van der Waals surface area contributed by atoms with Gasteiger partial charge in [-0.05, 0) is 24.6 Å². The molecule has 0 saturated carbocycles. The predicted octanol–water partition coefficient (Wildman–Crippen LogP) is 2.11. The molecule has 0 spiro atoms. The minimum Gasteiger partial charge on any atom is -0.408 e. The van der Waals surface area contributed by atoms with E-state index in [4.69, 9.17) is 9.68 Å². The van der Waals surface area contributed by atoms with Gasteiger partial charge < -0.3 is 9.32 Å². The maximum absolute atomic E-state index is 11.1. The molecule has 1 atom stereocenters. The molecule has 2 aromatic rings. The summed E-state index contributed by atoms with van der Waals surface area (Å²) in [5.74, 6) is -0.442. The number of nitriles is 1. The molecule has 0 aliphatic heterocycles. The normalized spacial score (nSPS) is 12.3. The number of nitrogens with zero attached hydrogens (tertiary/aromatic N) is 2. The lowest BCUT2D eigenvalue weighted by Gasteiger charge is -2.21. The fourth-order valence-electron chi connectivity index (χ4n) is 1.87. The van der Waals surface area contributed by atoms with Gasteiger partial charge in [-0.15, -0.1) is 0 Å². The summed E-state index contributed by atoms with van der Waals surface area (Å²) in [6, 6.07) is 7.76. The Bertz CT molecular complexity index is 635. The Labute approximate surface area is 105 Å². The van der Waals surface area contributed by atoms with Crippen molar-refractivity contribution in [1.82, 2.24) is 4.98 Å². The molecular weight excluding hydrogens is 230 g/mol. The molecule has 5 nitrogen and oxygen atoms in total. The van der Waals surface area contributed by atoms with Gasteiger partial charge in [-0.1, -0.05) is 6.92 Å². The summed E-state index contributed by atoms with van der Waals surface area (Å²) in [5, 5.41) is 8.96. The van der Waals surface area contributed by atoms with Crippen molar-refractivity contribution in [2.45, 2.75) is 13.3 Å². The summed E-state index contributed by atoms with van der Waals surface area (Å²) in [4.78, 5) is 15.7. The smallest absolute Gasteiger partial charge is 0.408 e. The van der Waals surface area contributed by atoms with Gasteiger partial charge in [0, 0.05) is 19.3 Å². The molecule has 18 heavy (non-hydrogen) atoms. The molecule has 1 aromatic heterocycles. The Morgan fingerprint density at radius 1 is 1.56 bits per heavy atom. The van der Waals surface area contributed by atoms with Crippen LogP contribution in [0.2, 0.25) is 0 Å². The highest BCUT2D eigenvalue weighted by Gasteiger charge is 2.10. The van der Waals surface area contributed by atoms with E-state index in [0.717, 1.165) is 12.1 Å². The molecule has 0 amide bonds. The molecular formula is C13H15N3O2. The number of benzene rings is 1. The second kappa shape index (κ2) is 4.96. The van der Waals surface area contributed by atoms with E-state index in [1.807, 2.05) is 31.0 Å². The van der Waals surface area contributed by atoms with Crippen LogP contribution in [0, 0.1) is 17.2 Å². The van der Waals surface area contributed by atoms with E-state index in [9.17, 15) is 4.79 Å². The van der Waals surface area contributed by atoms with Gasteiger partial charge in [0.15, 0.2) is 5.58 Å². The van der Waals surface area contributed by atoms with Crippen molar-refractivity contribution in [3.05, 3.63) is 28.7 Å². The molecule has 1 aromatic carbocycles. The number of rotatable bonds is 4. The molecule has 94 valence electrons. The maximum atomic E-state index is 11.1. The van der Waals surface area contributed by atoms with Crippen LogP contribution < -0.4 is 10.7 Å². The van der Waals surface area contributed by atoms with E-state index in [-0.39, 0.29) is 5.92 Å². The molecule has 1 N–H and O–H groups in total. The van der Waals surface area contributed by atoms with E-state index >= 15 is 0 Å². The Kier molecular flexibility index (Phi) is 3.38. The summed E-state index contributed by atoms with van der Waals surface area (Å²) in [6.07, 6.45) is 0.825.